The summed E-state index contributed by atoms with van der Waals surface area (Å²) in [6, 6.07) is 0. The van der Waals surface area contributed by atoms with Crippen molar-refractivity contribution in [2.45, 2.75) is 71.0 Å². The van der Waals surface area contributed by atoms with E-state index in [2.05, 4.69) is 13.8 Å². The largest absolute Gasteiger partial charge is 0.387 e. The quantitative estimate of drug-likeness (QED) is 0.736. The summed E-state index contributed by atoms with van der Waals surface area (Å²) in [5.41, 5.74) is -0.547. The smallest absolute Gasteiger partial charge is 0.0930 e. The van der Waals surface area contributed by atoms with Crippen LogP contribution < -0.4 is 0 Å². The fraction of sp³-hybridized carbons (Fsp3) is 1.00. The lowest BCUT2D eigenvalue weighted by Gasteiger charge is -2.30. The zero-order chi connectivity index (χ0) is 11.3. The van der Waals surface area contributed by atoms with Gasteiger partial charge in [0.05, 0.1) is 11.7 Å². The van der Waals surface area contributed by atoms with Crippen LogP contribution in [0.15, 0.2) is 0 Å². The summed E-state index contributed by atoms with van der Waals surface area (Å²) in [7, 11) is 0. The molecule has 0 spiro atoms. The first kappa shape index (κ1) is 13.0. The highest BCUT2D eigenvalue weighted by molar-refractivity contribution is 4.91. The molecule has 1 N–H and O–H groups in total. The molecule has 1 saturated heterocycles. The molecule has 1 aliphatic rings. The fourth-order valence-corrected chi connectivity index (χ4v) is 2.48. The molecule has 3 unspecified atom stereocenters. The number of hydrogen-bond donors (Lipinski definition) is 1. The lowest BCUT2D eigenvalue weighted by molar-refractivity contribution is -0.0444. The normalized spacial score (nSPS) is 33.2. The molecule has 0 amide bonds. The Morgan fingerprint density at radius 1 is 1.47 bits per heavy atom. The van der Waals surface area contributed by atoms with Crippen molar-refractivity contribution in [3.63, 3.8) is 0 Å². The molecule has 0 aromatic carbocycles. The van der Waals surface area contributed by atoms with Crippen LogP contribution in [0.25, 0.3) is 0 Å². The molecule has 3 atom stereocenters. The van der Waals surface area contributed by atoms with Gasteiger partial charge in [-0.2, -0.15) is 0 Å². The Morgan fingerprint density at radius 2 is 2.20 bits per heavy atom. The van der Waals surface area contributed by atoms with Gasteiger partial charge in [0.2, 0.25) is 0 Å². The van der Waals surface area contributed by atoms with Crippen molar-refractivity contribution in [3.8, 4) is 0 Å². The molecule has 0 aromatic heterocycles. The Balaban J connectivity index is 2.42. The molecule has 1 rings (SSSR count). The predicted molar refractivity (Wildman–Crippen MR) is 62.9 cm³/mol. The molecular formula is C13H26O2. The van der Waals surface area contributed by atoms with Crippen molar-refractivity contribution in [3.05, 3.63) is 0 Å². The highest BCUT2D eigenvalue weighted by Gasteiger charge is 2.40. The Labute approximate surface area is 94.0 Å². The third kappa shape index (κ3) is 3.46. The van der Waals surface area contributed by atoms with Crippen molar-refractivity contribution in [1.29, 1.82) is 0 Å². The van der Waals surface area contributed by atoms with E-state index < -0.39 is 5.60 Å². The van der Waals surface area contributed by atoms with E-state index in [4.69, 9.17) is 4.74 Å². The van der Waals surface area contributed by atoms with Gasteiger partial charge in [-0.15, -0.1) is 0 Å². The third-order valence-electron chi connectivity index (χ3n) is 3.84. The van der Waals surface area contributed by atoms with Crippen molar-refractivity contribution in [2.75, 3.05) is 6.61 Å². The van der Waals surface area contributed by atoms with Crippen LogP contribution in [0.1, 0.15) is 59.3 Å². The number of hydrogen-bond acceptors (Lipinski definition) is 2. The van der Waals surface area contributed by atoms with E-state index >= 15 is 0 Å². The Hall–Kier alpha value is -0.0800. The van der Waals surface area contributed by atoms with Gasteiger partial charge in [-0.1, -0.05) is 39.5 Å². The van der Waals surface area contributed by atoms with Crippen LogP contribution in [-0.2, 0) is 4.74 Å². The molecule has 90 valence electrons. The molecule has 0 aliphatic carbocycles. The van der Waals surface area contributed by atoms with E-state index in [1.807, 2.05) is 6.92 Å². The van der Waals surface area contributed by atoms with E-state index in [1.165, 1.54) is 25.7 Å². The van der Waals surface area contributed by atoms with E-state index in [1.54, 1.807) is 0 Å². The molecule has 0 aromatic rings. The van der Waals surface area contributed by atoms with Crippen molar-refractivity contribution in [2.24, 2.45) is 5.92 Å². The Morgan fingerprint density at radius 3 is 2.67 bits per heavy atom. The van der Waals surface area contributed by atoms with Gasteiger partial charge in [0.25, 0.3) is 0 Å². The van der Waals surface area contributed by atoms with Gasteiger partial charge in [0, 0.05) is 13.0 Å². The summed E-state index contributed by atoms with van der Waals surface area (Å²) in [5, 5.41) is 10.4. The first-order valence-corrected chi connectivity index (χ1v) is 6.46. The molecule has 2 heteroatoms. The summed E-state index contributed by atoms with van der Waals surface area (Å²) < 4.78 is 5.47. The lowest BCUT2D eigenvalue weighted by Crippen LogP contribution is -2.38. The minimum atomic E-state index is -0.547. The summed E-state index contributed by atoms with van der Waals surface area (Å²) >= 11 is 0. The maximum atomic E-state index is 10.4. The van der Waals surface area contributed by atoms with Gasteiger partial charge >= 0.3 is 0 Å². The average Bonchev–Trinajstić information content (AvgIpc) is 2.54. The summed E-state index contributed by atoms with van der Waals surface area (Å²) in [5.74, 6) is 0.666. The zero-order valence-electron chi connectivity index (χ0n) is 10.5. The molecule has 0 saturated carbocycles. The van der Waals surface area contributed by atoms with Crippen molar-refractivity contribution >= 4 is 0 Å². The minimum Gasteiger partial charge on any atom is -0.387 e. The molecule has 1 heterocycles. The molecule has 1 aliphatic heterocycles. The number of ether oxygens (including phenoxy) is 1. The molecule has 1 fully saturated rings. The summed E-state index contributed by atoms with van der Waals surface area (Å²) in [6.07, 6.45) is 6.72. The summed E-state index contributed by atoms with van der Waals surface area (Å²) in [6.45, 7) is 7.17. The van der Waals surface area contributed by atoms with E-state index in [0.717, 1.165) is 19.4 Å². The second kappa shape index (κ2) is 5.86. The van der Waals surface area contributed by atoms with Gasteiger partial charge in [-0.25, -0.2) is 0 Å². The van der Waals surface area contributed by atoms with Gasteiger partial charge in [-0.05, 0) is 19.3 Å². The predicted octanol–water partition coefficient (Wildman–Crippen LogP) is 3.13. The lowest BCUT2D eigenvalue weighted by atomic mass is 9.82. The van der Waals surface area contributed by atoms with Gasteiger partial charge in [0.15, 0.2) is 0 Å². The number of unbranched alkanes of at least 4 members (excludes halogenated alkanes) is 1. The van der Waals surface area contributed by atoms with Crippen LogP contribution in [0.2, 0.25) is 0 Å². The number of aliphatic hydroxyl groups is 1. The van der Waals surface area contributed by atoms with E-state index in [0.29, 0.717) is 5.92 Å². The minimum absolute atomic E-state index is 0.0215. The zero-order valence-corrected chi connectivity index (χ0v) is 10.5. The van der Waals surface area contributed by atoms with E-state index in [9.17, 15) is 5.11 Å². The molecule has 0 radical (unpaired) electrons. The Bertz CT molecular complexity index is 181. The first-order valence-electron chi connectivity index (χ1n) is 6.46. The van der Waals surface area contributed by atoms with Crippen LogP contribution in [0, 0.1) is 5.92 Å². The molecule has 15 heavy (non-hydrogen) atoms. The second-order valence-corrected chi connectivity index (χ2v) is 4.99. The first-order chi connectivity index (χ1) is 7.12. The second-order valence-electron chi connectivity index (χ2n) is 4.99. The van der Waals surface area contributed by atoms with Crippen LogP contribution >= 0.6 is 0 Å². The van der Waals surface area contributed by atoms with Crippen LogP contribution in [0.5, 0.6) is 0 Å². The monoisotopic (exact) mass is 214 g/mol. The maximum absolute atomic E-state index is 10.4. The number of rotatable bonds is 6. The van der Waals surface area contributed by atoms with Crippen LogP contribution in [-0.4, -0.2) is 23.4 Å². The third-order valence-corrected chi connectivity index (χ3v) is 3.84. The molecule has 0 bridgehead atoms. The SMILES string of the molecule is CCCCC(CC)CC1(O)CCOC1C. The van der Waals surface area contributed by atoms with Crippen LogP contribution in [0.3, 0.4) is 0 Å². The fourth-order valence-electron chi connectivity index (χ4n) is 2.48. The van der Waals surface area contributed by atoms with Gasteiger partial charge in [0.1, 0.15) is 0 Å². The topological polar surface area (TPSA) is 29.5 Å². The standard InChI is InChI=1S/C13H26O2/c1-4-6-7-12(5-2)10-13(14)8-9-15-11(13)3/h11-12,14H,4-10H2,1-3H3. The molecule has 2 nitrogen and oxygen atoms in total. The van der Waals surface area contributed by atoms with Crippen molar-refractivity contribution in [1.82, 2.24) is 0 Å². The highest BCUT2D eigenvalue weighted by atomic mass is 16.5. The van der Waals surface area contributed by atoms with Crippen LogP contribution in [0.4, 0.5) is 0 Å². The van der Waals surface area contributed by atoms with Gasteiger partial charge in [-0.3, -0.25) is 0 Å². The average molecular weight is 214 g/mol. The molecular weight excluding hydrogens is 188 g/mol. The summed E-state index contributed by atoms with van der Waals surface area (Å²) in [4.78, 5) is 0. The maximum Gasteiger partial charge on any atom is 0.0930 e. The van der Waals surface area contributed by atoms with Gasteiger partial charge < -0.3 is 9.84 Å². The van der Waals surface area contributed by atoms with E-state index in [-0.39, 0.29) is 6.10 Å². The Kier molecular flexibility index (Phi) is 5.07. The highest BCUT2D eigenvalue weighted by Crippen LogP contribution is 2.34. The van der Waals surface area contributed by atoms with Crippen molar-refractivity contribution < 1.29 is 9.84 Å².